The zero-order chi connectivity index (χ0) is 4.24. The van der Waals surface area contributed by atoms with E-state index in [0.717, 1.165) is 0 Å². The Morgan fingerprint density at radius 2 is 0.647 bits per heavy atom. The summed E-state index contributed by atoms with van der Waals surface area (Å²) in [4.78, 5) is 0. The summed E-state index contributed by atoms with van der Waals surface area (Å²) in [6.07, 6.45) is 0. The quantitative estimate of drug-likeness (QED) is 0.325. The van der Waals surface area contributed by atoms with Crippen LogP contribution < -0.4 is 0 Å². The first kappa shape index (κ1) is 79.1. The van der Waals surface area contributed by atoms with Crippen molar-refractivity contribution < 1.29 is 201 Å². The fraction of sp³-hybridized carbons (Fsp3) is 0. The van der Waals surface area contributed by atoms with Crippen LogP contribution >= 0.6 is 0 Å². The van der Waals surface area contributed by atoms with Crippen molar-refractivity contribution in [2.75, 3.05) is 0 Å². The molecule has 0 aliphatic carbocycles. The predicted octanol–water partition coefficient (Wildman–Crippen LogP) is -0.185. The molecule has 0 heterocycles. The van der Waals surface area contributed by atoms with Gasteiger partial charge in [0.25, 0.3) is 0 Å². The van der Waals surface area contributed by atoms with Gasteiger partial charge in [0, 0.05) is 190 Å². The van der Waals surface area contributed by atoms with Crippen LogP contribution in [-0.4, -0.2) is 11.0 Å². The average molecular weight is 1770 g/mol. The third kappa shape index (κ3) is 62.1. The normalized spacial score (nSPS) is 2.82. The Balaban J connectivity index is -0.00000000364. The van der Waals surface area contributed by atoms with Gasteiger partial charge in [0.15, 0.2) is 0 Å². The monoisotopic (exact) mass is 1770 g/mol. The smallest absolute Gasteiger partial charge is 0 e. The van der Waals surface area contributed by atoms with Crippen molar-refractivity contribution in [3.63, 3.8) is 0 Å². The molecule has 17 heavy (non-hydrogen) atoms. The molecule has 0 atom stereocenters. The van der Waals surface area contributed by atoms with Gasteiger partial charge in [-0.2, -0.15) is 36.4 Å². The van der Waals surface area contributed by atoms with Crippen LogP contribution in [-0.2, 0) is 190 Å². The minimum absolute atomic E-state index is 0. The van der Waals surface area contributed by atoms with E-state index in [-0.39, 0.29) is 201 Å². The van der Waals surface area contributed by atoms with Crippen molar-refractivity contribution in [1.29, 1.82) is 0 Å². The Labute approximate surface area is 232 Å². The standard InChI is InChI=1S/C6H5.2H2O.9W/c1-2-4-6-5-3-1;;;;;;;;;;;/h1-5H;2*1H2;;;;;;;;;/q-1;;;;;;;;;;;. The van der Waals surface area contributed by atoms with Crippen LogP contribution in [0.2, 0.25) is 0 Å². The molecule has 0 aliphatic heterocycles. The van der Waals surface area contributed by atoms with Crippen LogP contribution in [0.3, 0.4) is 0 Å². The third-order valence-electron chi connectivity index (χ3n) is 0.607. The van der Waals surface area contributed by atoms with E-state index in [1.54, 1.807) is 0 Å². The van der Waals surface area contributed by atoms with Crippen molar-refractivity contribution in [3.05, 3.63) is 36.4 Å². The molecule has 1 aromatic carbocycles. The van der Waals surface area contributed by atoms with Crippen LogP contribution in [0.25, 0.3) is 0 Å². The molecule has 0 spiro atoms. The predicted molar refractivity (Wildman–Crippen MR) is 32.5 cm³/mol. The zero-order valence-electron chi connectivity index (χ0n) is 8.06. The molecule has 1 aromatic rings. The first-order valence-corrected chi connectivity index (χ1v) is 1.91. The van der Waals surface area contributed by atoms with E-state index >= 15 is 0 Å². The van der Waals surface area contributed by atoms with Crippen molar-refractivity contribution in [1.82, 2.24) is 0 Å². The van der Waals surface area contributed by atoms with E-state index in [0.29, 0.717) is 0 Å². The maximum atomic E-state index is 2.89. The molecular formula is C6H9O2W9-. The van der Waals surface area contributed by atoms with Gasteiger partial charge in [0.1, 0.15) is 0 Å². The van der Waals surface area contributed by atoms with Crippen LogP contribution in [0.15, 0.2) is 30.3 Å². The van der Waals surface area contributed by atoms with E-state index < -0.39 is 0 Å². The molecule has 0 aliphatic rings. The Morgan fingerprint density at radius 3 is 0.706 bits per heavy atom. The van der Waals surface area contributed by atoms with E-state index in [9.17, 15) is 0 Å². The summed E-state index contributed by atoms with van der Waals surface area (Å²) in [5, 5.41) is 0. The van der Waals surface area contributed by atoms with Crippen molar-refractivity contribution in [2.45, 2.75) is 0 Å². The molecule has 100 valence electrons. The molecule has 11 heteroatoms. The molecule has 0 fully saturated rings. The summed E-state index contributed by atoms with van der Waals surface area (Å²) in [6, 6.07) is 12.5. The molecule has 0 saturated carbocycles. The van der Waals surface area contributed by atoms with Crippen LogP contribution in [0, 0.1) is 6.07 Å². The van der Waals surface area contributed by atoms with Gasteiger partial charge in [0.2, 0.25) is 0 Å². The summed E-state index contributed by atoms with van der Waals surface area (Å²) in [5.41, 5.74) is 0. The van der Waals surface area contributed by atoms with Crippen LogP contribution in [0.5, 0.6) is 0 Å². The number of hydrogen-bond acceptors (Lipinski definition) is 0. The summed E-state index contributed by atoms with van der Waals surface area (Å²) in [6.45, 7) is 0. The Morgan fingerprint density at radius 1 is 0.412 bits per heavy atom. The third-order valence-corrected chi connectivity index (χ3v) is 0.607. The van der Waals surface area contributed by atoms with E-state index in [1.165, 1.54) is 0 Å². The Kier molecular flexibility index (Phi) is 320. The topological polar surface area (TPSA) is 63.0 Å². The van der Waals surface area contributed by atoms with Gasteiger partial charge in [-0.3, -0.25) is 0 Å². The SMILES string of the molecule is O.O.[W].[W].[W].[W].[W].[W].[W].[W].[W].[c-]1ccccc1. The van der Waals surface area contributed by atoms with Crippen molar-refractivity contribution in [3.8, 4) is 0 Å². The van der Waals surface area contributed by atoms with Gasteiger partial charge in [-0.25, -0.2) is 0 Å². The minimum Gasteiger partial charge on any atom is -0.412 e. The van der Waals surface area contributed by atoms with Crippen molar-refractivity contribution >= 4 is 0 Å². The summed E-state index contributed by atoms with van der Waals surface area (Å²) >= 11 is 0. The molecule has 4 N–H and O–H groups in total. The Hall–Kier alpha value is 5.33. The van der Waals surface area contributed by atoms with Gasteiger partial charge in [-0.05, 0) is 0 Å². The van der Waals surface area contributed by atoms with Crippen LogP contribution in [0.1, 0.15) is 0 Å². The maximum absolute atomic E-state index is 2.89. The molecule has 0 radical (unpaired) electrons. The van der Waals surface area contributed by atoms with Gasteiger partial charge in [-0.1, -0.05) is 0 Å². The maximum Gasteiger partial charge on any atom is 0 e. The summed E-state index contributed by atoms with van der Waals surface area (Å²) in [7, 11) is 0. The van der Waals surface area contributed by atoms with Gasteiger partial charge in [0.05, 0.1) is 0 Å². The van der Waals surface area contributed by atoms with Crippen molar-refractivity contribution in [2.24, 2.45) is 0 Å². The number of hydrogen-bond donors (Lipinski definition) is 0. The summed E-state index contributed by atoms with van der Waals surface area (Å²) in [5.74, 6) is 0. The number of rotatable bonds is 0. The second-order valence-electron chi connectivity index (χ2n) is 1.08. The molecule has 0 bridgehead atoms. The number of benzene rings is 1. The first-order valence-electron chi connectivity index (χ1n) is 1.91. The zero-order valence-corrected chi connectivity index (χ0v) is 34.5. The van der Waals surface area contributed by atoms with Crippen LogP contribution in [0.4, 0.5) is 0 Å². The van der Waals surface area contributed by atoms with Gasteiger partial charge in [-0.15, -0.1) is 0 Å². The second kappa shape index (κ2) is 68.7. The van der Waals surface area contributed by atoms with E-state index in [4.69, 9.17) is 0 Å². The molecule has 0 unspecified atom stereocenters. The van der Waals surface area contributed by atoms with E-state index in [2.05, 4.69) is 6.07 Å². The van der Waals surface area contributed by atoms with Gasteiger partial charge >= 0.3 is 0 Å². The fourth-order valence-corrected chi connectivity index (χ4v) is 0.342. The molecular weight excluding hydrogens is 1760 g/mol. The Bertz CT molecular complexity index is 95.4. The molecule has 1 rings (SSSR count). The second-order valence-corrected chi connectivity index (χ2v) is 1.08. The first-order chi connectivity index (χ1) is 3.00. The minimum atomic E-state index is 0. The fourth-order valence-electron chi connectivity index (χ4n) is 0.342. The summed E-state index contributed by atoms with van der Waals surface area (Å²) < 4.78 is 0. The van der Waals surface area contributed by atoms with E-state index in [1.807, 2.05) is 30.3 Å². The molecule has 0 saturated heterocycles. The molecule has 0 aromatic heterocycles. The molecule has 0 amide bonds. The largest absolute Gasteiger partial charge is 0.412 e. The van der Waals surface area contributed by atoms with Gasteiger partial charge < -0.3 is 11.0 Å². The average Bonchev–Trinajstić information content (AvgIpc) is 1.72. The molecule has 2 nitrogen and oxygen atoms in total.